The van der Waals surface area contributed by atoms with Gasteiger partial charge < -0.3 is 4.98 Å². The van der Waals surface area contributed by atoms with Crippen molar-refractivity contribution in [1.29, 1.82) is 0 Å². The second-order valence-corrected chi connectivity index (χ2v) is 6.41. The van der Waals surface area contributed by atoms with E-state index in [2.05, 4.69) is 25.9 Å². The third-order valence-electron chi connectivity index (χ3n) is 1.45. The van der Waals surface area contributed by atoms with Crippen molar-refractivity contribution < 1.29 is 8.42 Å². The Bertz CT molecular complexity index is 347. The lowest BCUT2D eigenvalue weighted by molar-refractivity contribution is 0.600. The van der Waals surface area contributed by atoms with E-state index in [9.17, 15) is 8.42 Å². The van der Waals surface area contributed by atoms with Gasteiger partial charge in [0.05, 0.1) is 5.75 Å². The standard InChI is InChI=1S/C7H11BrN2O2S/c1-13(11,12)5-6(8)4-7-9-2-3-10-7/h2-3,6H,4-5H2,1H3,(H,9,10). The largest absolute Gasteiger partial charge is 0.349 e. The normalized spacial score (nSPS) is 14.3. The van der Waals surface area contributed by atoms with E-state index in [-0.39, 0.29) is 10.6 Å². The topological polar surface area (TPSA) is 62.8 Å². The van der Waals surface area contributed by atoms with Crippen LogP contribution in [0.2, 0.25) is 0 Å². The molecule has 1 rings (SSSR count). The number of rotatable bonds is 4. The summed E-state index contributed by atoms with van der Waals surface area (Å²) in [5, 5.41) is 0. The van der Waals surface area contributed by atoms with E-state index in [0.29, 0.717) is 6.42 Å². The molecule has 0 fully saturated rings. The zero-order valence-corrected chi connectivity index (χ0v) is 9.60. The molecule has 74 valence electrons. The Morgan fingerprint density at radius 1 is 1.69 bits per heavy atom. The number of sulfone groups is 1. The van der Waals surface area contributed by atoms with Crippen molar-refractivity contribution in [1.82, 2.24) is 9.97 Å². The summed E-state index contributed by atoms with van der Waals surface area (Å²) in [5.74, 6) is 0.929. The van der Waals surface area contributed by atoms with Crippen LogP contribution in [0.15, 0.2) is 12.4 Å². The molecular weight excluding hydrogens is 256 g/mol. The highest BCUT2D eigenvalue weighted by Gasteiger charge is 2.13. The quantitative estimate of drug-likeness (QED) is 0.819. The van der Waals surface area contributed by atoms with Crippen molar-refractivity contribution in [3.05, 3.63) is 18.2 Å². The molecule has 0 aliphatic rings. The van der Waals surface area contributed by atoms with Gasteiger partial charge in [-0.05, 0) is 0 Å². The molecule has 0 aliphatic heterocycles. The van der Waals surface area contributed by atoms with Crippen LogP contribution in [0.4, 0.5) is 0 Å². The number of H-pyrrole nitrogens is 1. The molecule has 0 saturated heterocycles. The summed E-state index contributed by atoms with van der Waals surface area (Å²) in [6, 6.07) is 0. The number of alkyl halides is 1. The van der Waals surface area contributed by atoms with Gasteiger partial charge >= 0.3 is 0 Å². The number of aromatic amines is 1. The van der Waals surface area contributed by atoms with Gasteiger partial charge in [-0.15, -0.1) is 0 Å². The minimum atomic E-state index is -2.92. The van der Waals surface area contributed by atoms with Gasteiger partial charge in [0.25, 0.3) is 0 Å². The number of aromatic nitrogens is 2. The predicted molar refractivity (Wildman–Crippen MR) is 54.7 cm³/mol. The van der Waals surface area contributed by atoms with Crippen LogP contribution in [-0.2, 0) is 16.3 Å². The van der Waals surface area contributed by atoms with Crippen LogP contribution in [-0.4, -0.2) is 35.2 Å². The zero-order valence-electron chi connectivity index (χ0n) is 7.20. The Kier molecular flexibility index (Phi) is 3.49. The van der Waals surface area contributed by atoms with Crippen molar-refractivity contribution in [3.63, 3.8) is 0 Å². The van der Waals surface area contributed by atoms with Crippen LogP contribution in [0.25, 0.3) is 0 Å². The SMILES string of the molecule is CS(=O)(=O)CC(Br)Cc1ncc[nH]1. The molecule has 0 saturated carbocycles. The third-order valence-corrected chi connectivity index (χ3v) is 3.54. The average Bonchev–Trinajstić information content (AvgIpc) is 2.34. The molecule has 6 heteroatoms. The van der Waals surface area contributed by atoms with Crippen molar-refractivity contribution >= 4 is 25.8 Å². The van der Waals surface area contributed by atoms with Crippen LogP contribution in [0.5, 0.6) is 0 Å². The molecule has 1 atom stereocenters. The molecule has 4 nitrogen and oxygen atoms in total. The fourth-order valence-electron chi connectivity index (χ4n) is 1.01. The first kappa shape index (κ1) is 10.7. The third kappa shape index (κ3) is 4.42. The van der Waals surface area contributed by atoms with E-state index in [1.54, 1.807) is 12.4 Å². The van der Waals surface area contributed by atoms with Crippen molar-refractivity contribution in [2.24, 2.45) is 0 Å². The van der Waals surface area contributed by atoms with E-state index in [1.807, 2.05) is 0 Å². The van der Waals surface area contributed by atoms with E-state index in [1.165, 1.54) is 6.26 Å². The second kappa shape index (κ2) is 4.23. The molecule has 1 heterocycles. The summed E-state index contributed by atoms with van der Waals surface area (Å²) < 4.78 is 21.8. The van der Waals surface area contributed by atoms with Gasteiger partial charge in [0, 0.05) is 29.9 Å². The van der Waals surface area contributed by atoms with Crippen LogP contribution in [0, 0.1) is 0 Å². The molecule has 1 aromatic heterocycles. The summed E-state index contributed by atoms with van der Waals surface area (Å²) in [5.41, 5.74) is 0. The van der Waals surface area contributed by atoms with Crippen molar-refractivity contribution in [2.75, 3.05) is 12.0 Å². The van der Waals surface area contributed by atoms with Crippen LogP contribution < -0.4 is 0 Å². The maximum absolute atomic E-state index is 10.9. The molecule has 0 spiro atoms. The maximum Gasteiger partial charge on any atom is 0.148 e. The first-order valence-corrected chi connectivity index (χ1v) is 6.75. The highest BCUT2D eigenvalue weighted by Crippen LogP contribution is 2.08. The van der Waals surface area contributed by atoms with Crippen LogP contribution in [0.3, 0.4) is 0 Å². The van der Waals surface area contributed by atoms with Gasteiger partial charge in [-0.2, -0.15) is 0 Å². The Balaban J connectivity index is 2.47. The molecule has 0 radical (unpaired) electrons. The number of imidazole rings is 1. The summed E-state index contributed by atoms with van der Waals surface area (Å²) >= 11 is 3.30. The highest BCUT2D eigenvalue weighted by molar-refractivity contribution is 9.09. The van der Waals surface area contributed by atoms with Gasteiger partial charge in [-0.1, -0.05) is 15.9 Å². The summed E-state index contributed by atoms with van der Waals surface area (Å²) in [7, 11) is -2.92. The zero-order chi connectivity index (χ0) is 9.90. The van der Waals surface area contributed by atoms with E-state index in [0.717, 1.165) is 5.82 Å². The Hall–Kier alpha value is -0.360. The highest BCUT2D eigenvalue weighted by atomic mass is 79.9. The molecule has 0 aromatic carbocycles. The molecule has 1 unspecified atom stereocenters. The van der Waals surface area contributed by atoms with E-state index < -0.39 is 9.84 Å². The predicted octanol–water partition coefficient (Wildman–Crippen LogP) is 0.760. The number of hydrogen-bond acceptors (Lipinski definition) is 3. The number of halogens is 1. The summed E-state index contributed by atoms with van der Waals surface area (Å²) in [6.45, 7) is 0. The Labute approximate surface area is 85.8 Å². The fourth-order valence-corrected chi connectivity index (χ4v) is 3.53. The molecule has 1 aromatic rings. The first-order valence-electron chi connectivity index (χ1n) is 3.77. The van der Waals surface area contributed by atoms with Gasteiger partial charge in [-0.25, -0.2) is 13.4 Å². The number of hydrogen-bond donors (Lipinski definition) is 1. The first-order chi connectivity index (χ1) is 5.97. The second-order valence-electron chi connectivity index (χ2n) is 2.93. The monoisotopic (exact) mass is 266 g/mol. The minimum Gasteiger partial charge on any atom is -0.349 e. The van der Waals surface area contributed by atoms with Gasteiger partial charge in [0.15, 0.2) is 0 Å². The number of nitrogens with zero attached hydrogens (tertiary/aromatic N) is 1. The van der Waals surface area contributed by atoms with Crippen LogP contribution >= 0.6 is 15.9 Å². The van der Waals surface area contributed by atoms with Gasteiger partial charge in [0.2, 0.25) is 0 Å². The summed E-state index contributed by atoms with van der Waals surface area (Å²) in [4.78, 5) is 6.85. The molecular formula is C7H11BrN2O2S. The lowest BCUT2D eigenvalue weighted by Crippen LogP contribution is -2.17. The average molecular weight is 267 g/mol. The van der Waals surface area contributed by atoms with Crippen molar-refractivity contribution in [3.8, 4) is 0 Å². The Morgan fingerprint density at radius 3 is 2.85 bits per heavy atom. The van der Waals surface area contributed by atoms with E-state index in [4.69, 9.17) is 0 Å². The molecule has 13 heavy (non-hydrogen) atoms. The maximum atomic E-state index is 10.9. The molecule has 0 amide bonds. The van der Waals surface area contributed by atoms with Crippen LogP contribution in [0.1, 0.15) is 5.82 Å². The fraction of sp³-hybridized carbons (Fsp3) is 0.571. The smallest absolute Gasteiger partial charge is 0.148 e. The van der Waals surface area contributed by atoms with E-state index >= 15 is 0 Å². The Morgan fingerprint density at radius 2 is 2.38 bits per heavy atom. The lowest BCUT2D eigenvalue weighted by Gasteiger charge is -2.05. The molecule has 1 N–H and O–H groups in total. The molecule has 0 bridgehead atoms. The van der Waals surface area contributed by atoms with Gasteiger partial charge in [0.1, 0.15) is 15.7 Å². The number of nitrogens with one attached hydrogen (secondary N) is 1. The summed E-state index contributed by atoms with van der Waals surface area (Å²) in [6.07, 6.45) is 5.19. The lowest BCUT2D eigenvalue weighted by atomic mass is 10.3. The minimum absolute atomic E-state index is 0.0753. The molecule has 0 aliphatic carbocycles. The van der Waals surface area contributed by atoms with Gasteiger partial charge in [-0.3, -0.25) is 0 Å². The van der Waals surface area contributed by atoms with Crippen molar-refractivity contribution in [2.45, 2.75) is 11.2 Å².